The predicted molar refractivity (Wildman–Crippen MR) is 63.1 cm³/mol. The van der Waals surface area contributed by atoms with E-state index in [1.807, 2.05) is 0 Å². The first kappa shape index (κ1) is 12.6. The third-order valence-corrected chi connectivity index (χ3v) is 2.58. The van der Waals surface area contributed by atoms with Crippen LogP contribution in [0, 0.1) is 0 Å². The second kappa shape index (κ2) is 5.22. The molecule has 0 fully saturated rings. The van der Waals surface area contributed by atoms with Crippen molar-refractivity contribution in [3.8, 4) is 0 Å². The molecule has 0 bridgehead atoms. The van der Waals surface area contributed by atoms with E-state index in [4.69, 9.17) is 0 Å². The summed E-state index contributed by atoms with van der Waals surface area (Å²) in [5.74, 6) is -2.47. The van der Waals surface area contributed by atoms with Gasteiger partial charge in [0.2, 0.25) is 0 Å². The molecule has 0 amide bonds. The lowest BCUT2D eigenvalue weighted by Gasteiger charge is -2.17. The summed E-state index contributed by atoms with van der Waals surface area (Å²) >= 11 is 0. The molecule has 0 atom stereocenters. The predicted octanol–water partition coefficient (Wildman–Crippen LogP) is 1.79. The molecular weight excluding hydrogens is 238 g/mol. The van der Waals surface area contributed by atoms with Gasteiger partial charge in [-0.1, -0.05) is 30.3 Å². The molecule has 0 aliphatic rings. The van der Waals surface area contributed by atoms with Crippen molar-refractivity contribution in [3.63, 3.8) is 0 Å². The molecule has 0 aliphatic heterocycles. The van der Waals surface area contributed by atoms with Gasteiger partial charge in [0, 0.05) is 5.56 Å². The quantitative estimate of drug-likeness (QED) is 0.882. The molecule has 18 heavy (non-hydrogen) atoms. The molecule has 0 unspecified atom stereocenters. The van der Waals surface area contributed by atoms with E-state index >= 15 is 0 Å². The second-order valence-electron chi connectivity index (χ2n) is 3.93. The Hall–Kier alpha value is -1.82. The van der Waals surface area contributed by atoms with Crippen LogP contribution in [0.5, 0.6) is 0 Å². The first-order valence-electron chi connectivity index (χ1n) is 5.58. The fourth-order valence-electron chi connectivity index (χ4n) is 1.68. The zero-order chi connectivity index (χ0) is 13.0. The van der Waals surface area contributed by atoms with Crippen molar-refractivity contribution in [2.24, 2.45) is 0 Å². The first-order chi connectivity index (χ1) is 8.63. The molecule has 2 rings (SSSR count). The largest absolute Gasteiger partial charge is 0.313 e. The average molecular weight is 252 g/mol. The lowest BCUT2D eigenvalue weighted by Crippen LogP contribution is -2.24. The van der Waals surface area contributed by atoms with Gasteiger partial charge in [-0.3, -0.25) is 0 Å². The van der Waals surface area contributed by atoms with Crippen LogP contribution in [0.2, 0.25) is 0 Å². The maximum absolute atomic E-state index is 14.0. The second-order valence-corrected chi connectivity index (χ2v) is 3.93. The van der Waals surface area contributed by atoms with Gasteiger partial charge in [-0.05, 0) is 7.05 Å². The molecule has 4 nitrogen and oxygen atoms in total. The fraction of sp³-hybridized carbons (Fsp3) is 0.333. The molecule has 1 N–H and O–H groups in total. The van der Waals surface area contributed by atoms with E-state index in [0.29, 0.717) is 12.4 Å². The Balaban J connectivity index is 2.19. The Labute approximate surface area is 104 Å². The molecule has 1 heterocycles. The van der Waals surface area contributed by atoms with E-state index in [0.717, 1.165) is 0 Å². The SMILES string of the molecule is CNCc1ncnn1CC(F)(F)c1ccccc1. The molecule has 0 saturated carbocycles. The minimum atomic E-state index is -2.96. The minimum absolute atomic E-state index is 0.0177. The number of benzene rings is 1. The summed E-state index contributed by atoms with van der Waals surface area (Å²) in [5.41, 5.74) is -0.0177. The van der Waals surface area contributed by atoms with Gasteiger partial charge in [-0.15, -0.1) is 0 Å². The van der Waals surface area contributed by atoms with E-state index in [2.05, 4.69) is 15.4 Å². The van der Waals surface area contributed by atoms with Crippen molar-refractivity contribution < 1.29 is 8.78 Å². The number of nitrogens with zero attached hydrogens (tertiary/aromatic N) is 3. The van der Waals surface area contributed by atoms with Crippen LogP contribution >= 0.6 is 0 Å². The van der Waals surface area contributed by atoms with Gasteiger partial charge in [-0.2, -0.15) is 13.9 Å². The first-order valence-corrected chi connectivity index (χ1v) is 5.58. The van der Waals surface area contributed by atoms with E-state index in [1.165, 1.54) is 23.1 Å². The summed E-state index contributed by atoms with van der Waals surface area (Å²) in [6, 6.07) is 7.73. The maximum atomic E-state index is 14.0. The number of aromatic nitrogens is 3. The highest BCUT2D eigenvalue weighted by Crippen LogP contribution is 2.29. The molecule has 96 valence electrons. The summed E-state index contributed by atoms with van der Waals surface area (Å²) in [6.07, 6.45) is 1.29. The van der Waals surface area contributed by atoms with Gasteiger partial charge < -0.3 is 5.32 Å². The molecular formula is C12H14F2N4. The van der Waals surface area contributed by atoms with Crippen molar-refractivity contribution in [1.29, 1.82) is 0 Å². The molecule has 0 saturated heterocycles. The summed E-state index contributed by atoms with van der Waals surface area (Å²) in [5, 5.41) is 6.70. The Morgan fingerprint density at radius 1 is 1.28 bits per heavy atom. The van der Waals surface area contributed by atoms with Gasteiger partial charge in [0.05, 0.1) is 6.54 Å². The lowest BCUT2D eigenvalue weighted by molar-refractivity contribution is -0.0263. The van der Waals surface area contributed by atoms with Crippen LogP contribution < -0.4 is 5.32 Å². The molecule has 0 aliphatic carbocycles. The molecule has 6 heteroatoms. The van der Waals surface area contributed by atoms with E-state index < -0.39 is 12.5 Å². The number of nitrogens with one attached hydrogen (secondary N) is 1. The Kier molecular flexibility index (Phi) is 3.66. The van der Waals surface area contributed by atoms with Gasteiger partial charge in [0.15, 0.2) is 0 Å². The molecule has 0 radical (unpaired) electrons. The third kappa shape index (κ3) is 2.70. The van der Waals surface area contributed by atoms with Crippen LogP contribution in [0.1, 0.15) is 11.4 Å². The summed E-state index contributed by atoms with van der Waals surface area (Å²) in [6.45, 7) is -0.0983. The van der Waals surface area contributed by atoms with Crippen LogP contribution in [0.3, 0.4) is 0 Å². The zero-order valence-electron chi connectivity index (χ0n) is 9.98. The highest BCUT2D eigenvalue weighted by atomic mass is 19.3. The summed E-state index contributed by atoms with van der Waals surface area (Å²) < 4.78 is 29.3. The molecule has 0 spiro atoms. The topological polar surface area (TPSA) is 42.7 Å². The van der Waals surface area contributed by atoms with Gasteiger partial charge >= 0.3 is 0 Å². The summed E-state index contributed by atoms with van der Waals surface area (Å²) in [7, 11) is 1.73. The third-order valence-electron chi connectivity index (χ3n) is 2.58. The van der Waals surface area contributed by atoms with Crippen molar-refractivity contribution in [1.82, 2.24) is 20.1 Å². The standard InChI is InChI=1S/C12H14F2N4/c1-15-7-11-16-9-17-18(11)8-12(13,14)10-5-3-2-4-6-10/h2-6,9,15H,7-8H2,1H3. The number of rotatable bonds is 5. The highest BCUT2D eigenvalue weighted by molar-refractivity contribution is 5.19. The summed E-state index contributed by atoms with van der Waals surface area (Å²) in [4.78, 5) is 3.94. The van der Waals surface area contributed by atoms with Gasteiger partial charge in [0.1, 0.15) is 18.7 Å². The number of halogens is 2. The van der Waals surface area contributed by atoms with Crippen molar-refractivity contribution in [2.75, 3.05) is 7.05 Å². The minimum Gasteiger partial charge on any atom is -0.313 e. The average Bonchev–Trinajstić information content (AvgIpc) is 2.78. The Bertz CT molecular complexity index is 496. The van der Waals surface area contributed by atoms with E-state index in [1.54, 1.807) is 25.2 Å². The monoisotopic (exact) mass is 252 g/mol. The van der Waals surface area contributed by atoms with Crippen LogP contribution in [0.15, 0.2) is 36.7 Å². The number of alkyl halides is 2. The van der Waals surface area contributed by atoms with Crippen LogP contribution in [0.25, 0.3) is 0 Å². The van der Waals surface area contributed by atoms with Crippen molar-refractivity contribution in [3.05, 3.63) is 48.0 Å². The van der Waals surface area contributed by atoms with E-state index in [-0.39, 0.29) is 5.56 Å². The Morgan fingerprint density at radius 2 is 2.00 bits per heavy atom. The number of hydrogen-bond acceptors (Lipinski definition) is 3. The lowest BCUT2D eigenvalue weighted by atomic mass is 10.1. The molecule has 2 aromatic rings. The highest BCUT2D eigenvalue weighted by Gasteiger charge is 2.33. The molecule has 1 aromatic carbocycles. The molecule has 1 aromatic heterocycles. The van der Waals surface area contributed by atoms with Crippen molar-refractivity contribution >= 4 is 0 Å². The van der Waals surface area contributed by atoms with Gasteiger partial charge in [-0.25, -0.2) is 9.67 Å². The normalized spacial score (nSPS) is 11.7. The zero-order valence-corrected chi connectivity index (χ0v) is 9.98. The van der Waals surface area contributed by atoms with Gasteiger partial charge in [0.25, 0.3) is 5.92 Å². The number of hydrogen-bond donors (Lipinski definition) is 1. The van der Waals surface area contributed by atoms with Crippen LogP contribution in [0.4, 0.5) is 8.78 Å². The van der Waals surface area contributed by atoms with Crippen LogP contribution in [-0.4, -0.2) is 21.8 Å². The smallest absolute Gasteiger partial charge is 0.292 e. The van der Waals surface area contributed by atoms with Crippen molar-refractivity contribution in [2.45, 2.75) is 19.0 Å². The van der Waals surface area contributed by atoms with Crippen LogP contribution in [-0.2, 0) is 19.0 Å². The van der Waals surface area contributed by atoms with E-state index in [9.17, 15) is 8.78 Å². The Morgan fingerprint density at radius 3 is 2.67 bits per heavy atom. The maximum Gasteiger partial charge on any atom is 0.292 e. The fourth-order valence-corrected chi connectivity index (χ4v) is 1.68.